The van der Waals surface area contributed by atoms with E-state index < -0.39 is 12.1 Å². The number of hydrogen-bond donors (Lipinski definition) is 0. The van der Waals surface area contributed by atoms with Gasteiger partial charge in [0.05, 0.1) is 11.8 Å². The van der Waals surface area contributed by atoms with Crippen LogP contribution in [0.3, 0.4) is 0 Å². The van der Waals surface area contributed by atoms with Crippen molar-refractivity contribution in [2.75, 3.05) is 19.8 Å². The zero-order valence-corrected chi connectivity index (χ0v) is 15.1. The number of benzene rings is 1. The number of amides is 3. The number of aliphatic imine (C=N–C) groups is 1. The van der Waals surface area contributed by atoms with E-state index in [0.29, 0.717) is 17.5 Å². The van der Waals surface area contributed by atoms with Crippen LogP contribution in [0.25, 0.3) is 0 Å². The van der Waals surface area contributed by atoms with Gasteiger partial charge in [-0.15, -0.1) is 0 Å². The minimum absolute atomic E-state index is 0.227. The van der Waals surface area contributed by atoms with Gasteiger partial charge in [0.25, 0.3) is 17.8 Å². The summed E-state index contributed by atoms with van der Waals surface area (Å²) in [6.45, 7) is 2.50. The van der Waals surface area contributed by atoms with E-state index in [-0.39, 0.29) is 11.7 Å². The first-order chi connectivity index (χ1) is 12.0. The summed E-state index contributed by atoms with van der Waals surface area (Å²) in [6.07, 6.45) is 0. The SMILES string of the molecule is Cc1ccccc1C[N+]1=C(SCC#N)N=C2C1C(=O)N(C)C(=O)N2C. The first-order valence-corrected chi connectivity index (χ1v) is 8.76. The van der Waals surface area contributed by atoms with Gasteiger partial charge < -0.3 is 0 Å². The largest absolute Gasteiger partial charge is 0.359 e. The molecular formula is C17H18N5O2S+. The molecule has 2 heterocycles. The average molecular weight is 356 g/mol. The number of aryl methyl sites for hydroxylation is 1. The highest BCUT2D eigenvalue weighted by molar-refractivity contribution is 8.13. The Morgan fingerprint density at radius 2 is 2.00 bits per heavy atom. The third-order valence-electron chi connectivity index (χ3n) is 4.36. The highest BCUT2D eigenvalue weighted by atomic mass is 32.2. The van der Waals surface area contributed by atoms with Crippen LogP contribution < -0.4 is 0 Å². The van der Waals surface area contributed by atoms with E-state index in [2.05, 4.69) is 11.1 Å². The van der Waals surface area contributed by atoms with Crippen molar-refractivity contribution in [1.29, 1.82) is 5.26 Å². The predicted octanol–water partition coefficient (Wildman–Crippen LogP) is 1.42. The number of carbonyl (C=O) groups is 2. The van der Waals surface area contributed by atoms with Crippen LogP contribution in [0.4, 0.5) is 4.79 Å². The number of amidine groups is 2. The van der Waals surface area contributed by atoms with Crippen LogP contribution in [0.5, 0.6) is 0 Å². The second-order valence-corrected chi connectivity index (χ2v) is 6.84. The van der Waals surface area contributed by atoms with Gasteiger partial charge in [-0.25, -0.2) is 9.37 Å². The Hall–Kier alpha value is -2.66. The predicted molar refractivity (Wildman–Crippen MR) is 95.4 cm³/mol. The van der Waals surface area contributed by atoms with Crippen molar-refractivity contribution in [3.8, 4) is 6.07 Å². The number of nitriles is 1. The Morgan fingerprint density at radius 3 is 2.68 bits per heavy atom. The van der Waals surface area contributed by atoms with Crippen molar-refractivity contribution in [2.24, 2.45) is 4.99 Å². The van der Waals surface area contributed by atoms with Gasteiger partial charge >= 0.3 is 11.2 Å². The van der Waals surface area contributed by atoms with Gasteiger partial charge in [0.1, 0.15) is 6.54 Å². The molecule has 0 saturated carbocycles. The number of rotatable bonds is 3. The molecule has 128 valence electrons. The van der Waals surface area contributed by atoms with Gasteiger partial charge in [-0.3, -0.25) is 14.6 Å². The Bertz CT molecular complexity index is 855. The lowest BCUT2D eigenvalue weighted by atomic mass is 10.1. The molecule has 3 amide bonds. The summed E-state index contributed by atoms with van der Waals surface area (Å²) in [5.41, 5.74) is 2.19. The van der Waals surface area contributed by atoms with Gasteiger partial charge in [0.2, 0.25) is 0 Å². The fourth-order valence-electron chi connectivity index (χ4n) is 2.92. The Kier molecular flexibility index (Phi) is 4.59. The van der Waals surface area contributed by atoms with E-state index >= 15 is 0 Å². The third-order valence-corrected chi connectivity index (χ3v) is 5.22. The number of urea groups is 1. The molecule has 1 unspecified atom stereocenters. The van der Waals surface area contributed by atoms with Crippen LogP contribution in [-0.4, -0.2) is 63.2 Å². The molecule has 7 nitrogen and oxygen atoms in total. The van der Waals surface area contributed by atoms with E-state index in [9.17, 15) is 9.59 Å². The molecule has 25 heavy (non-hydrogen) atoms. The van der Waals surface area contributed by atoms with E-state index in [0.717, 1.165) is 16.0 Å². The lowest BCUT2D eigenvalue weighted by Crippen LogP contribution is -2.61. The highest BCUT2D eigenvalue weighted by Gasteiger charge is 2.53. The standard InChI is InChI=1S/C17H18N5O2S/c1-11-6-4-5-7-12(11)10-22-13-14(19-16(22)25-9-8-18)20(2)17(24)21(3)15(13)23/h4-7,13H,9-10H2,1-3H3/q+1. The van der Waals surface area contributed by atoms with E-state index in [4.69, 9.17) is 5.26 Å². The molecule has 1 atom stereocenters. The first kappa shape index (κ1) is 17.2. The molecule has 0 spiro atoms. The summed E-state index contributed by atoms with van der Waals surface area (Å²) in [6, 6.07) is 8.97. The zero-order chi connectivity index (χ0) is 18.1. The zero-order valence-electron chi connectivity index (χ0n) is 14.3. The highest BCUT2D eigenvalue weighted by Crippen LogP contribution is 2.24. The molecule has 2 aliphatic heterocycles. The third kappa shape index (κ3) is 2.91. The van der Waals surface area contributed by atoms with E-state index in [1.807, 2.05) is 35.8 Å². The smallest absolute Gasteiger partial charge is 0.269 e. The van der Waals surface area contributed by atoms with Gasteiger partial charge in [-0.1, -0.05) is 24.3 Å². The van der Waals surface area contributed by atoms with Crippen LogP contribution >= 0.6 is 11.8 Å². The average Bonchev–Trinajstić information content (AvgIpc) is 2.96. The lowest BCUT2D eigenvalue weighted by molar-refractivity contribution is -0.548. The first-order valence-electron chi connectivity index (χ1n) is 7.77. The molecule has 0 aromatic heterocycles. The number of fused-ring (bicyclic) bond motifs is 1. The fourth-order valence-corrected chi connectivity index (χ4v) is 3.61. The number of hydrogen-bond acceptors (Lipinski definition) is 5. The summed E-state index contributed by atoms with van der Waals surface area (Å²) in [4.78, 5) is 31.9. The maximum atomic E-state index is 12.7. The van der Waals surface area contributed by atoms with Crippen LogP contribution in [0.1, 0.15) is 11.1 Å². The number of imide groups is 1. The van der Waals surface area contributed by atoms with Gasteiger partial charge in [0, 0.05) is 14.1 Å². The van der Waals surface area contributed by atoms with Crippen LogP contribution in [-0.2, 0) is 11.3 Å². The molecule has 0 aliphatic carbocycles. The van der Waals surface area contributed by atoms with Crippen molar-refractivity contribution >= 4 is 34.7 Å². The molecule has 0 radical (unpaired) electrons. The van der Waals surface area contributed by atoms with E-state index in [1.165, 1.54) is 23.7 Å². The molecule has 1 aromatic carbocycles. The van der Waals surface area contributed by atoms with Crippen molar-refractivity contribution in [3.63, 3.8) is 0 Å². The summed E-state index contributed by atoms with van der Waals surface area (Å²) < 4.78 is 1.88. The maximum Gasteiger partial charge on any atom is 0.359 e. The van der Waals surface area contributed by atoms with Crippen LogP contribution in [0.2, 0.25) is 0 Å². The molecule has 0 N–H and O–H groups in total. The van der Waals surface area contributed by atoms with Crippen LogP contribution in [0, 0.1) is 18.3 Å². The van der Waals surface area contributed by atoms with Crippen molar-refractivity contribution in [2.45, 2.75) is 19.5 Å². The molecular weight excluding hydrogens is 338 g/mol. The normalized spacial score (nSPS) is 19.9. The molecule has 8 heteroatoms. The van der Waals surface area contributed by atoms with Gasteiger partial charge in [-0.05, 0) is 34.8 Å². The van der Waals surface area contributed by atoms with Crippen LogP contribution in [0.15, 0.2) is 29.3 Å². The van der Waals surface area contributed by atoms with Crippen molar-refractivity contribution in [3.05, 3.63) is 35.4 Å². The second kappa shape index (κ2) is 6.69. The molecule has 1 fully saturated rings. The minimum Gasteiger partial charge on any atom is -0.269 e. The summed E-state index contributed by atoms with van der Waals surface area (Å²) in [5.74, 6) is 0.343. The molecule has 3 rings (SSSR count). The number of likely N-dealkylation sites (N-methyl/N-ethyl adjacent to an activating group) is 2. The van der Waals surface area contributed by atoms with Gasteiger partial charge in [0.15, 0.2) is 0 Å². The molecule has 1 saturated heterocycles. The number of carbonyl (C=O) groups excluding carboxylic acids is 2. The number of thioether (sulfide) groups is 1. The molecule has 2 aliphatic rings. The molecule has 1 aromatic rings. The van der Waals surface area contributed by atoms with Crippen molar-refractivity contribution in [1.82, 2.24) is 9.80 Å². The second-order valence-electron chi connectivity index (χ2n) is 5.90. The quantitative estimate of drug-likeness (QED) is 0.768. The Balaban J connectivity index is 2.03. The Morgan fingerprint density at radius 1 is 1.28 bits per heavy atom. The summed E-state index contributed by atoms with van der Waals surface area (Å²) >= 11 is 1.28. The van der Waals surface area contributed by atoms with Gasteiger partial charge in [-0.2, -0.15) is 5.26 Å². The fraction of sp³-hybridized carbons (Fsp3) is 0.353. The maximum absolute atomic E-state index is 12.7. The Labute approximate surface area is 150 Å². The monoisotopic (exact) mass is 356 g/mol. The lowest BCUT2D eigenvalue weighted by Gasteiger charge is -2.30. The number of nitrogens with zero attached hydrogens (tertiary/aromatic N) is 5. The van der Waals surface area contributed by atoms with Crippen molar-refractivity contribution < 1.29 is 14.2 Å². The topological polar surface area (TPSA) is 79.8 Å². The minimum atomic E-state index is -0.645. The summed E-state index contributed by atoms with van der Waals surface area (Å²) in [7, 11) is 3.09. The summed E-state index contributed by atoms with van der Waals surface area (Å²) in [5, 5.41) is 9.49. The van der Waals surface area contributed by atoms with E-state index in [1.54, 1.807) is 7.05 Å². The molecule has 0 bridgehead atoms.